The second kappa shape index (κ2) is 5.93. The van der Waals surface area contributed by atoms with E-state index in [9.17, 15) is 10.1 Å². The van der Waals surface area contributed by atoms with Gasteiger partial charge in [0, 0.05) is 18.8 Å². The summed E-state index contributed by atoms with van der Waals surface area (Å²) < 4.78 is 0. The second-order valence-electron chi connectivity index (χ2n) is 4.16. The smallest absolute Gasteiger partial charge is 0.328 e. The van der Waals surface area contributed by atoms with E-state index in [1.807, 2.05) is 13.8 Å². The number of aromatic nitrogens is 1. The first-order chi connectivity index (χ1) is 8.51. The number of hydrogen-bond acceptors (Lipinski definition) is 6. The summed E-state index contributed by atoms with van der Waals surface area (Å²) in [5.74, 6) is 0.283. The molecular formula is C11H15N5O2. The first-order valence-corrected chi connectivity index (χ1v) is 5.51. The van der Waals surface area contributed by atoms with Gasteiger partial charge in [-0.05, 0) is 12.0 Å². The SMILES string of the molecule is CC(C)C(CN)Nc1nccc(C#N)c1[N+](=O)[O-]. The summed E-state index contributed by atoms with van der Waals surface area (Å²) in [6, 6.07) is 2.97. The lowest BCUT2D eigenvalue weighted by atomic mass is 10.0. The molecule has 1 heterocycles. The Hall–Kier alpha value is -2.20. The summed E-state index contributed by atoms with van der Waals surface area (Å²) in [5, 5.41) is 22.8. The highest BCUT2D eigenvalue weighted by molar-refractivity contribution is 5.64. The molecule has 0 bridgehead atoms. The van der Waals surface area contributed by atoms with Crippen molar-refractivity contribution in [3.05, 3.63) is 27.9 Å². The minimum absolute atomic E-state index is 0.0166. The van der Waals surface area contributed by atoms with Crippen molar-refractivity contribution < 1.29 is 4.92 Å². The zero-order valence-corrected chi connectivity index (χ0v) is 10.3. The Morgan fingerprint density at radius 3 is 2.78 bits per heavy atom. The van der Waals surface area contributed by atoms with E-state index in [1.165, 1.54) is 12.3 Å². The lowest BCUT2D eigenvalue weighted by Crippen LogP contribution is -2.34. The van der Waals surface area contributed by atoms with Crippen molar-refractivity contribution in [1.29, 1.82) is 5.26 Å². The highest BCUT2D eigenvalue weighted by atomic mass is 16.6. The predicted octanol–water partition coefficient (Wildman–Crippen LogP) is 1.26. The Morgan fingerprint density at radius 1 is 1.67 bits per heavy atom. The molecule has 18 heavy (non-hydrogen) atoms. The molecule has 0 amide bonds. The summed E-state index contributed by atoms with van der Waals surface area (Å²) in [6.07, 6.45) is 1.36. The molecule has 1 unspecified atom stereocenters. The fourth-order valence-corrected chi connectivity index (χ4v) is 1.51. The fraction of sp³-hybridized carbons (Fsp3) is 0.455. The van der Waals surface area contributed by atoms with Crippen LogP contribution in [0.2, 0.25) is 0 Å². The molecular weight excluding hydrogens is 234 g/mol. The van der Waals surface area contributed by atoms with Gasteiger partial charge in [0.05, 0.1) is 4.92 Å². The van der Waals surface area contributed by atoms with E-state index < -0.39 is 4.92 Å². The number of pyridine rings is 1. The molecule has 0 spiro atoms. The van der Waals surface area contributed by atoms with Crippen LogP contribution in [0.3, 0.4) is 0 Å². The van der Waals surface area contributed by atoms with Gasteiger partial charge in [0.25, 0.3) is 0 Å². The molecule has 0 aromatic carbocycles. The number of rotatable bonds is 5. The van der Waals surface area contributed by atoms with Gasteiger partial charge in [0.15, 0.2) is 0 Å². The van der Waals surface area contributed by atoms with Crippen LogP contribution in [0.1, 0.15) is 19.4 Å². The molecule has 0 saturated carbocycles. The summed E-state index contributed by atoms with van der Waals surface area (Å²) in [7, 11) is 0. The number of nitrogens with two attached hydrogens (primary N) is 1. The van der Waals surface area contributed by atoms with Gasteiger partial charge in [-0.15, -0.1) is 0 Å². The topological polar surface area (TPSA) is 118 Å². The average Bonchev–Trinajstić information content (AvgIpc) is 2.34. The van der Waals surface area contributed by atoms with Crippen LogP contribution in [0.5, 0.6) is 0 Å². The van der Waals surface area contributed by atoms with Crippen LogP contribution < -0.4 is 11.1 Å². The van der Waals surface area contributed by atoms with E-state index >= 15 is 0 Å². The zero-order valence-electron chi connectivity index (χ0n) is 10.3. The van der Waals surface area contributed by atoms with Crippen molar-refractivity contribution in [2.45, 2.75) is 19.9 Å². The summed E-state index contributed by atoms with van der Waals surface area (Å²) in [6.45, 7) is 4.22. The van der Waals surface area contributed by atoms with Crippen molar-refractivity contribution in [3.63, 3.8) is 0 Å². The molecule has 7 heteroatoms. The molecule has 0 radical (unpaired) electrons. The Labute approximate surface area is 105 Å². The molecule has 1 aromatic rings. The third-order valence-electron chi connectivity index (χ3n) is 2.61. The predicted molar refractivity (Wildman–Crippen MR) is 66.9 cm³/mol. The monoisotopic (exact) mass is 249 g/mol. The minimum atomic E-state index is -0.609. The van der Waals surface area contributed by atoms with Gasteiger partial charge < -0.3 is 11.1 Å². The van der Waals surface area contributed by atoms with E-state index in [4.69, 9.17) is 11.0 Å². The van der Waals surface area contributed by atoms with Crippen LogP contribution in [0.15, 0.2) is 12.3 Å². The van der Waals surface area contributed by atoms with Crippen molar-refractivity contribution in [2.24, 2.45) is 11.7 Å². The molecule has 1 aromatic heterocycles. The molecule has 96 valence electrons. The maximum Gasteiger partial charge on any atom is 0.328 e. The highest BCUT2D eigenvalue weighted by Crippen LogP contribution is 2.26. The molecule has 0 aliphatic carbocycles. The van der Waals surface area contributed by atoms with Gasteiger partial charge in [0.1, 0.15) is 11.6 Å². The van der Waals surface area contributed by atoms with Crippen LogP contribution in [-0.2, 0) is 0 Å². The van der Waals surface area contributed by atoms with Gasteiger partial charge in [-0.3, -0.25) is 10.1 Å². The second-order valence-corrected chi connectivity index (χ2v) is 4.16. The number of nitro groups is 1. The van der Waals surface area contributed by atoms with Crippen LogP contribution in [0.4, 0.5) is 11.5 Å². The standard InChI is InChI=1S/C11H15N5O2/c1-7(2)9(6-13)15-11-10(16(17)18)8(5-12)3-4-14-11/h3-4,7,9H,6,13H2,1-2H3,(H,14,15). The first-order valence-electron chi connectivity index (χ1n) is 5.51. The van der Waals surface area contributed by atoms with Gasteiger partial charge in [-0.1, -0.05) is 13.8 Å². The molecule has 0 aliphatic heterocycles. The normalized spacial score (nSPS) is 11.9. The summed E-state index contributed by atoms with van der Waals surface area (Å²) in [4.78, 5) is 14.3. The molecule has 7 nitrogen and oxygen atoms in total. The third-order valence-corrected chi connectivity index (χ3v) is 2.61. The Kier molecular flexibility index (Phi) is 4.57. The van der Waals surface area contributed by atoms with Gasteiger partial charge in [-0.2, -0.15) is 5.26 Å². The van der Waals surface area contributed by atoms with Gasteiger partial charge in [0.2, 0.25) is 5.82 Å². The van der Waals surface area contributed by atoms with Crippen LogP contribution in [-0.4, -0.2) is 22.5 Å². The minimum Gasteiger partial charge on any atom is -0.360 e. The third kappa shape index (κ3) is 2.93. The molecule has 0 aliphatic rings. The molecule has 0 fully saturated rings. The molecule has 1 rings (SSSR count). The van der Waals surface area contributed by atoms with Crippen LogP contribution >= 0.6 is 0 Å². The highest BCUT2D eigenvalue weighted by Gasteiger charge is 2.23. The van der Waals surface area contributed by atoms with E-state index in [1.54, 1.807) is 6.07 Å². The number of anilines is 1. The Bertz CT molecular complexity index is 481. The average molecular weight is 249 g/mol. The van der Waals surface area contributed by atoms with E-state index in [0.29, 0.717) is 6.54 Å². The van der Waals surface area contributed by atoms with Crippen molar-refractivity contribution in [3.8, 4) is 6.07 Å². The number of nitriles is 1. The number of nitrogens with zero attached hydrogens (tertiary/aromatic N) is 3. The number of nitrogens with one attached hydrogen (secondary N) is 1. The fourth-order valence-electron chi connectivity index (χ4n) is 1.51. The lowest BCUT2D eigenvalue weighted by Gasteiger charge is -2.20. The van der Waals surface area contributed by atoms with E-state index in [-0.39, 0.29) is 29.0 Å². The van der Waals surface area contributed by atoms with Gasteiger partial charge in [-0.25, -0.2) is 4.98 Å². The quantitative estimate of drug-likeness (QED) is 0.599. The first kappa shape index (κ1) is 13.9. The van der Waals surface area contributed by atoms with E-state index in [2.05, 4.69) is 10.3 Å². The largest absolute Gasteiger partial charge is 0.360 e. The molecule has 3 N–H and O–H groups in total. The summed E-state index contributed by atoms with van der Waals surface area (Å²) >= 11 is 0. The van der Waals surface area contributed by atoms with Crippen molar-refractivity contribution >= 4 is 11.5 Å². The van der Waals surface area contributed by atoms with Gasteiger partial charge >= 0.3 is 5.69 Å². The Balaban J connectivity index is 3.17. The van der Waals surface area contributed by atoms with E-state index in [0.717, 1.165) is 0 Å². The molecule has 0 saturated heterocycles. The van der Waals surface area contributed by atoms with Crippen LogP contribution in [0, 0.1) is 27.4 Å². The molecule has 1 atom stereocenters. The maximum absolute atomic E-state index is 11.0. The maximum atomic E-state index is 11.0. The summed E-state index contributed by atoms with van der Waals surface area (Å²) in [5.41, 5.74) is 5.27. The van der Waals surface area contributed by atoms with Crippen molar-refractivity contribution in [1.82, 2.24) is 4.98 Å². The lowest BCUT2D eigenvalue weighted by molar-refractivity contribution is -0.384. The van der Waals surface area contributed by atoms with Crippen LogP contribution in [0.25, 0.3) is 0 Å². The van der Waals surface area contributed by atoms with Crippen molar-refractivity contribution in [2.75, 3.05) is 11.9 Å². The zero-order chi connectivity index (χ0) is 13.7. The number of hydrogen-bond donors (Lipinski definition) is 2. The Morgan fingerprint density at radius 2 is 2.33 bits per heavy atom.